The molecular weight excluding hydrogens is 405 g/mol. The van der Waals surface area contributed by atoms with Crippen LogP contribution in [0.15, 0.2) is 54.4 Å². The zero-order valence-electron chi connectivity index (χ0n) is 16.5. The van der Waals surface area contributed by atoms with E-state index in [4.69, 9.17) is 0 Å². The van der Waals surface area contributed by atoms with E-state index in [0.717, 1.165) is 0 Å². The molecule has 6 nitrogen and oxygen atoms in total. The summed E-state index contributed by atoms with van der Waals surface area (Å²) >= 11 is 1.31. The van der Waals surface area contributed by atoms with Gasteiger partial charge in [-0.05, 0) is 54.5 Å². The molecule has 2 heterocycles. The van der Waals surface area contributed by atoms with Crippen molar-refractivity contribution in [2.75, 3.05) is 19.6 Å². The van der Waals surface area contributed by atoms with E-state index in [-0.39, 0.29) is 29.5 Å². The molecule has 3 amide bonds. The van der Waals surface area contributed by atoms with Crippen molar-refractivity contribution in [2.24, 2.45) is 5.92 Å². The Labute approximate surface area is 178 Å². The van der Waals surface area contributed by atoms with Gasteiger partial charge in [0.2, 0.25) is 5.91 Å². The van der Waals surface area contributed by atoms with E-state index in [0.29, 0.717) is 42.9 Å². The Balaban J connectivity index is 1.65. The van der Waals surface area contributed by atoms with Gasteiger partial charge >= 0.3 is 0 Å². The van der Waals surface area contributed by atoms with Crippen LogP contribution in [-0.2, 0) is 4.79 Å². The number of halogens is 1. The fourth-order valence-corrected chi connectivity index (χ4v) is 4.14. The molecule has 30 heavy (non-hydrogen) atoms. The largest absolute Gasteiger partial charge is 0.351 e. The number of benzene rings is 1. The Bertz CT molecular complexity index is 891. The first-order valence-corrected chi connectivity index (χ1v) is 10.7. The van der Waals surface area contributed by atoms with E-state index < -0.39 is 6.04 Å². The molecule has 0 unspecified atom stereocenters. The molecule has 2 aromatic rings. The summed E-state index contributed by atoms with van der Waals surface area (Å²) in [4.78, 5) is 40.1. The summed E-state index contributed by atoms with van der Waals surface area (Å²) in [7, 11) is 0. The number of hydrogen-bond donors (Lipinski definition) is 2. The number of carbonyl (C=O) groups excluding carboxylic acids is 3. The highest BCUT2D eigenvalue weighted by Gasteiger charge is 2.34. The zero-order valence-corrected chi connectivity index (χ0v) is 17.3. The van der Waals surface area contributed by atoms with Crippen LogP contribution in [0.2, 0.25) is 0 Å². The summed E-state index contributed by atoms with van der Waals surface area (Å²) in [5, 5.41) is 7.43. The molecule has 0 aliphatic carbocycles. The predicted octanol–water partition coefficient (Wildman–Crippen LogP) is 2.84. The van der Waals surface area contributed by atoms with E-state index >= 15 is 0 Å². The van der Waals surface area contributed by atoms with E-state index in [1.54, 1.807) is 28.5 Å². The molecule has 0 bridgehead atoms. The van der Waals surface area contributed by atoms with Gasteiger partial charge in [-0.15, -0.1) is 17.9 Å². The van der Waals surface area contributed by atoms with Gasteiger partial charge in [0.05, 0.1) is 4.88 Å². The summed E-state index contributed by atoms with van der Waals surface area (Å²) in [6.45, 7) is 4.83. The number of hydrogen-bond acceptors (Lipinski definition) is 4. The van der Waals surface area contributed by atoms with Crippen LogP contribution in [0, 0.1) is 11.7 Å². The third-order valence-corrected chi connectivity index (χ3v) is 5.99. The Kier molecular flexibility index (Phi) is 7.35. The zero-order chi connectivity index (χ0) is 21.5. The van der Waals surface area contributed by atoms with Crippen LogP contribution in [0.1, 0.15) is 32.9 Å². The van der Waals surface area contributed by atoms with Crippen molar-refractivity contribution < 1.29 is 18.8 Å². The number of nitrogens with zero attached hydrogens (tertiary/aromatic N) is 1. The van der Waals surface area contributed by atoms with Crippen LogP contribution in [0.5, 0.6) is 0 Å². The topological polar surface area (TPSA) is 78.5 Å². The van der Waals surface area contributed by atoms with E-state index in [1.807, 2.05) is 0 Å². The molecule has 3 rings (SSSR count). The fraction of sp³-hybridized carbons (Fsp3) is 0.318. The fourth-order valence-electron chi connectivity index (χ4n) is 3.51. The van der Waals surface area contributed by atoms with Crippen LogP contribution >= 0.6 is 11.3 Å². The maximum Gasteiger partial charge on any atom is 0.262 e. The number of rotatable bonds is 7. The molecule has 0 saturated carbocycles. The van der Waals surface area contributed by atoms with Crippen molar-refractivity contribution in [1.29, 1.82) is 0 Å². The van der Waals surface area contributed by atoms with Crippen molar-refractivity contribution in [1.82, 2.24) is 15.5 Å². The van der Waals surface area contributed by atoms with Crippen molar-refractivity contribution in [3.8, 4) is 0 Å². The number of amides is 3. The first-order chi connectivity index (χ1) is 14.5. The summed E-state index contributed by atoms with van der Waals surface area (Å²) in [5.74, 6) is -1.20. The van der Waals surface area contributed by atoms with Gasteiger partial charge in [0.1, 0.15) is 11.9 Å². The second-order valence-electron chi connectivity index (χ2n) is 7.10. The molecular formula is C22H24FN3O3S. The molecule has 8 heteroatoms. The van der Waals surface area contributed by atoms with Gasteiger partial charge in [0.25, 0.3) is 11.8 Å². The highest BCUT2D eigenvalue weighted by atomic mass is 32.1. The monoisotopic (exact) mass is 429 g/mol. The SMILES string of the molecule is C=CCNC(=O)[C@@H](NC(=O)c1cccs1)C1CCN(C(=O)c2ccc(F)cc2)CC1. The quantitative estimate of drug-likeness (QED) is 0.665. The second-order valence-corrected chi connectivity index (χ2v) is 8.05. The molecule has 0 spiro atoms. The molecule has 1 saturated heterocycles. The third kappa shape index (κ3) is 5.33. The van der Waals surface area contributed by atoms with E-state index in [9.17, 15) is 18.8 Å². The summed E-state index contributed by atoms with van der Waals surface area (Å²) in [6.07, 6.45) is 2.73. The Morgan fingerprint density at radius 3 is 2.50 bits per heavy atom. The second kappa shape index (κ2) is 10.2. The van der Waals surface area contributed by atoms with Crippen molar-refractivity contribution in [2.45, 2.75) is 18.9 Å². The molecule has 1 atom stereocenters. The molecule has 158 valence electrons. The maximum absolute atomic E-state index is 13.1. The minimum atomic E-state index is -0.692. The number of thiophene rings is 1. The molecule has 1 aromatic heterocycles. The van der Waals surface area contributed by atoms with E-state index in [2.05, 4.69) is 17.2 Å². The summed E-state index contributed by atoms with van der Waals surface area (Å²) < 4.78 is 13.1. The molecule has 1 aliphatic rings. The highest BCUT2D eigenvalue weighted by Crippen LogP contribution is 2.23. The lowest BCUT2D eigenvalue weighted by Gasteiger charge is -2.35. The van der Waals surface area contributed by atoms with Gasteiger partial charge < -0.3 is 15.5 Å². The normalized spacial score (nSPS) is 15.3. The minimum Gasteiger partial charge on any atom is -0.351 e. The van der Waals surface area contributed by atoms with Gasteiger partial charge in [0, 0.05) is 25.2 Å². The molecule has 1 fully saturated rings. The van der Waals surface area contributed by atoms with Crippen LogP contribution in [0.3, 0.4) is 0 Å². The lowest BCUT2D eigenvalue weighted by molar-refractivity contribution is -0.124. The average Bonchev–Trinajstić information content (AvgIpc) is 3.31. The maximum atomic E-state index is 13.1. The van der Waals surface area contributed by atoms with Crippen LogP contribution in [-0.4, -0.2) is 48.3 Å². The molecule has 0 radical (unpaired) electrons. The van der Waals surface area contributed by atoms with Gasteiger partial charge in [-0.25, -0.2) is 4.39 Å². The van der Waals surface area contributed by atoms with Crippen LogP contribution in [0.4, 0.5) is 4.39 Å². The summed E-state index contributed by atoms with van der Waals surface area (Å²) in [6, 6.07) is 8.27. The Hall–Kier alpha value is -3.00. The number of nitrogens with one attached hydrogen (secondary N) is 2. The Morgan fingerprint density at radius 1 is 1.20 bits per heavy atom. The van der Waals surface area contributed by atoms with Gasteiger partial charge in [0.15, 0.2) is 0 Å². The van der Waals surface area contributed by atoms with Gasteiger partial charge in [-0.1, -0.05) is 12.1 Å². The lowest BCUT2D eigenvalue weighted by Crippen LogP contribution is -2.53. The van der Waals surface area contributed by atoms with E-state index in [1.165, 1.54) is 35.6 Å². The Morgan fingerprint density at radius 2 is 1.90 bits per heavy atom. The average molecular weight is 430 g/mol. The molecule has 1 aromatic carbocycles. The third-order valence-electron chi connectivity index (χ3n) is 5.12. The van der Waals surface area contributed by atoms with Gasteiger partial charge in [-0.3, -0.25) is 14.4 Å². The predicted molar refractivity (Wildman–Crippen MR) is 114 cm³/mol. The summed E-state index contributed by atoms with van der Waals surface area (Å²) in [5.41, 5.74) is 0.432. The van der Waals surface area contributed by atoms with Crippen molar-refractivity contribution in [3.05, 3.63) is 70.7 Å². The highest BCUT2D eigenvalue weighted by molar-refractivity contribution is 7.12. The van der Waals surface area contributed by atoms with Crippen molar-refractivity contribution in [3.63, 3.8) is 0 Å². The first-order valence-electron chi connectivity index (χ1n) is 9.77. The smallest absolute Gasteiger partial charge is 0.262 e. The lowest BCUT2D eigenvalue weighted by atomic mass is 9.88. The van der Waals surface area contributed by atoms with Crippen LogP contribution in [0.25, 0.3) is 0 Å². The number of carbonyl (C=O) groups is 3. The van der Waals surface area contributed by atoms with Crippen molar-refractivity contribution >= 4 is 29.1 Å². The number of piperidine rings is 1. The van der Waals surface area contributed by atoms with Gasteiger partial charge in [-0.2, -0.15) is 0 Å². The first kappa shape index (κ1) is 21.7. The molecule has 1 aliphatic heterocycles. The van der Waals surface area contributed by atoms with Crippen LogP contribution < -0.4 is 10.6 Å². The standard InChI is InChI=1S/C22H24FN3O3S/c1-2-11-24-21(28)19(25-20(27)18-4-3-14-30-18)15-9-12-26(13-10-15)22(29)16-5-7-17(23)8-6-16/h2-8,14-15,19H,1,9-13H2,(H,24,28)(H,25,27)/t19-/m0/s1. The minimum absolute atomic E-state index is 0.101. The molecule has 2 N–H and O–H groups in total. The number of likely N-dealkylation sites (tertiary alicyclic amines) is 1.